The van der Waals surface area contributed by atoms with Crippen molar-refractivity contribution in [1.29, 1.82) is 0 Å². The van der Waals surface area contributed by atoms with Crippen LogP contribution in [0.15, 0.2) is 0 Å². The first-order valence-electron chi connectivity index (χ1n) is 6.57. The van der Waals surface area contributed by atoms with E-state index in [1.165, 1.54) is 0 Å². The number of carbonyl (C=O) groups is 1. The van der Waals surface area contributed by atoms with Gasteiger partial charge in [0.2, 0.25) is 0 Å². The van der Waals surface area contributed by atoms with Gasteiger partial charge in [0.25, 0.3) is 0 Å². The highest BCUT2D eigenvalue weighted by molar-refractivity contribution is 5.77. The summed E-state index contributed by atoms with van der Waals surface area (Å²) in [6, 6.07) is 0. The molecule has 0 radical (unpaired) electrons. The van der Waals surface area contributed by atoms with Gasteiger partial charge in [0, 0.05) is 13.7 Å². The smallest absolute Gasteiger partial charge is 0.312 e. The molecule has 0 unspecified atom stereocenters. The van der Waals surface area contributed by atoms with E-state index in [0.717, 1.165) is 38.9 Å². The zero-order chi connectivity index (χ0) is 12.7. The van der Waals surface area contributed by atoms with Crippen LogP contribution in [-0.2, 0) is 14.3 Å². The Balaban J connectivity index is 2.63. The third-order valence-electron chi connectivity index (χ3n) is 3.75. The van der Waals surface area contributed by atoms with Gasteiger partial charge in [0.1, 0.15) is 0 Å². The van der Waals surface area contributed by atoms with E-state index in [1.807, 2.05) is 6.92 Å². The van der Waals surface area contributed by atoms with E-state index in [1.54, 1.807) is 7.11 Å². The molecule has 1 heterocycles. The summed E-state index contributed by atoms with van der Waals surface area (Å²) < 4.78 is 10.4. The summed E-state index contributed by atoms with van der Waals surface area (Å²) in [5.41, 5.74) is -0.308. The van der Waals surface area contributed by atoms with Crippen LogP contribution < -0.4 is 0 Å². The Morgan fingerprint density at radius 1 is 1.29 bits per heavy atom. The fourth-order valence-corrected chi connectivity index (χ4v) is 2.44. The SMILES string of the molecule is CCOC(=O)C1(CCOC)CCN(CC)CC1. The minimum absolute atomic E-state index is 0.0344. The van der Waals surface area contributed by atoms with Gasteiger partial charge in [0.15, 0.2) is 0 Å². The number of piperidine rings is 1. The van der Waals surface area contributed by atoms with Gasteiger partial charge in [0.05, 0.1) is 12.0 Å². The van der Waals surface area contributed by atoms with Crippen molar-refractivity contribution in [3.63, 3.8) is 0 Å². The van der Waals surface area contributed by atoms with Crippen LogP contribution in [0.4, 0.5) is 0 Å². The van der Waals surface area contributed by atoms with Crippen molar-refractivity contribution < 1.29 is 14.3 Å². The first kappa shape index (κ1) is 14.5. The molecule has 1 aliphatic rings. The lowest BCUT2D eigenvalue weighted by molar-refractivity contribution is -0.160. The Labute approximate surface area is 104 Å². The molecule has 1 fully saturated rings. The van der Waals surface area contributed by atoms with Crippen molar-refractivity contribution >= 4 is 5.97 Å². The Bertz CT molecular complexity index is 235. The molecule has 0 atom stereocenters. The first-order chi connectivity index (χ1) is 8.18. The molecule has 0 aromatic heterocycles. The number of hydrogen-bond acceptors (Lipinski definition) is 4. The minimum Gasteiger partial charge on any atom is -0.466 e. The topological polar surface area (TPSA) is 38.8 Å². The quantitative estimate of drug-likeness (QED) is 0.665. The predicted octanol–water partition coefficient (Wildman–Crippen LogP) is 1.69. The van der Waals surface area contributed by atoms with Gasteiger partial charge < -0.3 is 14.4 Å². The molecule has 0 amide bonds. The fraction of sp³-hybridized carbons (Fsp3) is 0.923. The second-order valence-corrected chi connectivity index (χ2v) is 4.68. The first-order valence-corrected chi connectivity index (χ1v) is 6.57. The van der Waals surface area contributed by atoms with Crippen LogP contribution in [0.1, 0.15) is 33.1 Å². The highest BCUT2D eigenvalue weighted by Crippen LogP contribution is 2.36. The van der Waals surface area contributed by atoms with Gasteiger partial charge in [-0.3, -0.25) is 4.79 Å². The molecule has 1 saturated heterocycles. The van der Waals surface area contributed by atoms with E-state index < -0.39 is 0 Å². The predicted molar refractivity (Wildman–Crippen MR) is 66.9 cm³/mol. The van der Waals surface area contributed by atoms with Gasteiger partial charge in [-0.2, -0.15) is 0 Å². The highest BCUT2D eigenvalue weighted by atomic mass is 16.5. The average Bonchev–Trinajstić information content (AvgIpc) is 2.37. The molecule has 1 aliphatic heterocycles. The van der Waals surface area contributed by atoms with Crippen LogP contribution in [-0.4, -0.2) is 50.8 Å². The van der Waals surface area contributed by atoms with E-state index in [-0.39, 0.29) is 11.4 Å². The monoisotopic (exact) mass is 243 g/mol. The van der Waals surface area contributed by atoms with Crippen molar-refractivity contribution in [3.8, 4) is 0 Å². The largest absolute Gasteiger partial charge is 0.466 e. The van der Waals surface area contributed by atoms with E-state index in [0.29, 0.717) is 13.2 Å². The summed E-state index contributed by atoms with van der Waals surface area (Å²) in [4.78, 5) is 14.5. The summed E-state index contributed by atoms with van der Waals surface area (Å²) >= 11 is 0. The van der Waals surface area contributed by atoms with E-state index in [9.17, 15) is 4.79 Å². The maximum atomic E-state index is 12.1. The van der Waals surface area contributed by atoms with Gasteiger partial charge >= 0.3 is 5.97 Å². The van der Waals surface area contributed by atoms with Crippen molar-refractivity contribution in [1.82, 2.24) is 4.90 Å². The molecule has 100 valence electrons. The molecule has 0 saturated carbocycles. The Morgan fingerprint density at radius 3 is 2.41 bits per heavy atom. The molecule has 1 rings (SSSR count). The normalized spacial score (nSPS) is 20.2. The summed E-state index contributed by atoms with van der Waals surface area (Å²) in [5.74, 6) is -0.0344. The summed E-state index contributed by atoms with van der Waals surface area (Å²) in [7, 11) is 1.68. The second-order valence-electron chi connectivity index (χ2n) is 4.68. The molecule has 0 aromatic rings. The lowest BCUT2D eigenvalue weighted by atomic mass is 9.76. The third-order valence-corrected chi connectivity index (χ3v) is 3.75. The van der Waals surface area contributed by atoms with E-state index in [4.69, 9.17) is 9.47 Å². The van der Waals surface area contributed by atoms with Crippen molar-refractivity contribution in [2.24, 2.45) is 5.41 Å². The van der Waals surface area contributed by atoms with Crippen molar-refractivity contribution in [2.75, 3.05) is 40.0 Å². The summed E-state index contributed by atoms with van der Waals surface area (Å²) in [6.45, 7) is 8.15. The van der Waals surface area contributed by atoms with Gasteiger partial charge in [-0.1, -0.05) is 6.92 Å². The van der Waals surface area contributed by atoms with Crippen LogP contribution in [0, 0.1) is 5.41 Å². The molecule has 0 aromatic carbocycles. The van der Waals surface area contributed by atoms with E-state index >= 15 is 0 Å². The zero-order valence-corrected chi connectivity index (χ0v) is 11.3. The van der Waals surface area contributed by atoms with Crippen LogP contribution in [0.2, 0.25) is 0 Å². The van der Waals surface area contributed by atoms with Gasteiger partial charge in [-0.25, -0.2) is 0 Å². The summed E-state index contributed by atoms with van der Waals surface area (Å²) in [5, 5.41) is 0. The maximum absolute atomic E-state index is 12.1. The van der Waals surface area contributed by atoms with Crippen molar-refractivity contribution in [2.45, 2.75) is 33.1 Å². The molecule has 0 N–H and O–H groups in total. The van der Waals surface area contributed by atoms with E-state index in [2.05, 4.69) is 11.8 Å². The number of methoxy groups -OCH3 is 1. The lowest BCUT2D eigenvalue weighted by Gasteiger charge is -2.39. The van der Waals surface area contributed by atoms with Gasteiger partial charge in [-0.15, -0.1) is 0 Å². The fourth-order valence-electron chi connectivity index (χ4n) is 2.44. The number of esters is 1. The molecule has 4 heteroatoms. The molecular formula is C13H25NO3. The highest BCUT2D eigenvalue weighted by Gasteiger charge is 2.41. The average molecular weight is 243 g/mol. The molecule has 17 heavy (non-hydrogen) atoms. The molecule has 0 bridgehead atoms. The molecular weight excluding hydrogens is 218 g/mol. The number of carbonyl (C=O) groups excluding carboxylic acids is 1. The van der Waals surface area contributed by atoms with Crippen LogP contribution in [0.5, 0.6) is 0 Å². The Hall–Kier alpha value is -0.610. The maximum Gasteiger partial charge on any atom is 0.312 e. The second kappa shape index (κ2) is 6.97. The third kappa shape index (κ3) is 3.68. The number of likely N-dealkylation sites (tertiary alicyclic amines) is 1. The molecule has 0 aliphatic carbocycles. The number of ether oxygens (including phenoxy) is 2. The Kier molecular flexibility index (Phi) is 5.92. The number of hydrogen-bond donors (Lipinski definition) is 0. The Morgan fingerprint density at radius 2 is 1.94 bits per heavy atom. The van der Waals surface area contributed by atoms with Crippen LogP contribution >= 0.6 is 0 Å². The molecule has 0 spiro atoms. The summed E-state index contributed by atoms with van der Waals surface area (Å²) in [6.07, 6.45) is 2.56. The van der Waals surface area contributed by atoms with Crippen molar-refractivity contribution in [3.05, 3.63) is 0 Å². The number of rotatable bonds is 6. The number of nitrogens with zero attached hydrogens (tertiary/aromatic N) is 1. The minimum atomic E-state index is -0.308. The van der Waals surface area contributed by atoms with Crippen LogP contribution in [0.25, 0.3) is 0 Å². The van der Waals surface area contributed by atoms with Gasteiger partial charge in [-0.05, 0) is 45.8 Å². The molecule has 4 nitrogen and oxygen atoms in total. The standard InChI is InChI=1S/C13H25NO3/c1-4-14-9-6-13(7-10-14,8-11-16-3)12(15)17-5-2/h4-11H2,1-3H3. The van der Waals surface area contributed by atoms with Crippen LogP contribution in [0.3, 0.4) is 0 Å². The zero-order valence-electron chi connectivity index (χ0n) is 11.3. The lowest BCUT2D eigenvalue weighted by Crippen LogP contribution is -2.45.